The molecule has 1 aliphatic rings. The smallest absolute Gasteiger partial charge is 0.338 e. The van der Waals surface area contributed by atoms with Crippen LogP contribution in [0.1, 0.15) is 73.4 Å². The minimum absolute atomic E-state index is 0.313. The summed E-state index contributed by atoms with van der Waals surface area (Å²) in [6.07, 6.45) is 5.73. The topological polar surface area (TPSA) is 52.6 Å². The third kappa shape index (κ3) is 3.87. The van der Waals surface area contributed by atoms with Gasteiger partial charge in [-0.2, -0.15) is 0 Å². The molecule has 0 saturated heterocycles. The van der Waals surface area contributed by atoms with Crippen molar-refractivity contribution in [3.05, 3.63) is 28.8 Å². The molecule has 1 fully saturated rings. The molecule has 0 aliphatic heterocycles. The first-order valence-corrected chi connectivity index (χ1v) is 8.03. The summed E-state index contributed by atoms with van der Waals surface area (Å²) < 4.78 is 10.5. The first kappa shape index (κ1) is 16.5. The number of aryl methyl sites for hydroxylation is 1. The maximum atomic E-state index is 12.1. The standard InChI is InChI=1S/C18H24O4/c1-4-21-18(20)15-11-16(14-8-6-5-7-9-14)17(10-12(15)2)22-13(3)19/h10-11,14H,4-9H2,1-3H3. The average Bonchev–Trinajstić information content (AvgIpc) is 2.48. The van der Waals surface area contributed by atoms with Crippen LogP contribution in [0.4, 0.5) is 0 Å². The molecule has 1 aromatic carbocycles. The van der Waals surface area contributed by atoms with Crippen molar-refractivity contribution in [2.45, 2.75) is 58.8 Å². The molecule has 0 atom stereocenters. The number of benzene rings is 1. The van der Waals surface area contributed by atoms with Crippen LogP contribution in [0.5, 0.6) is 5.75 Å². The molecule has 4 heteroatoms. The predicted molar refractivity (Wildman–Crippen MR) is 84.3 cm³/mol. The molecule has 2 rings (SSSR count). The van der Waals surface area contributed by atoms with Crippen molar-refractivity contribution >= 4 is 11.9 Å². The van der Waals surface area contributed by atoms with Gasteiger partial charge in [0.05, 0.1) is 12.2 Å². The highest BCUT2D eigenvalue weighted by molar-refractivity contribution is 5.91. The van der Waals surface area contributed by atoms with E-state index in [9.17, 15) is 9.59 Å². The summed E-state index contributed by atoms with van der Waals surface area (Å²) in [5.41, 5.74) is 2.30. The zero-order valence-electron chi connectivity index (χ0n) is 13.6. The van der Waals surface area contributed by atoms with Crippen LogP contribution < -0.4 is 4.74 Å². The van der Waals surface area contributed by atoms with Crippen molar-refractivity contribution < 1.29 is 19.1 Å². The quantitative estimate of drug-likeness (QED) is 0.619. The average molecular weight is 304 g/mol. The number of carbonyl (C=O) groups is 2. The molecule has 1 saturated carbocycles. The molecule has 4 nitrogen and oxygen atoms in total. The van der Waals surface area contributed by atoms with Crippen LogP contribution in [0.25, 0.3) is 0 Å². The van der Waals surface area contributed by atoms with Gasteiger partial charge in [0.2, 0.25) is 0 Å². The van der Waals surface area contributed by atoms with Crippen molar-refractivity contribution in [3.63, 3.8) is 0 Å². The summed E-state index contributed by atoms with van der Waals surface area (Å²) in [7, 11) is 0. The molecule has 0 N–H and O–H groups in total. The van der Waals surface area contributed by atoms with Crippen LogP contribution in [0.15, 0.2) is 12.1 Å². The van der Waals surface area contributed by atoms with Crippen LogP contribution in [-0.2, 0) is 9.53 Å². The maximum absolute atomic E-state index is 12.1. The Bertz CT molecular complexity index is 556. The Morgan fingerprint density at radius 3 is 2.45 bits per heavy atom. The van der Waals surface area contributed by atoms with Crippen LogP contribution in [0.3, 0.4) is 0 Å². The molecule has 0 unspecified atom stereocenters. The van der Waals surface area contributed by atoms with Gasteiger partial charge in [0.15, 0.2) is 0 Å². The maximum Gasteiger partial charge on any atom is 0.338 e. The van der Waals surface area contributed by atoms with E-state index in [-0.39, 0.29) is 11.9 Å². The van der Waals surface area contributed by atoms with Crippen molar-refractivity contribution in [2.75, 3.05) is 6.61 Å². The second kappa shape index (κ2) is 7.43. The Labute approximate surface area is 131 Å². The molecule has 1 aliphatic carbocycles. The summed E-state index contributed by atoms with van der Waals surface area (Å²) in [6.45, 7) is 5.38. The fraction of sp³-hybridized carbons (Fsp3) is 0.556. The fourth-order valence-electron chi connectivity index (χ4n) is 3.10. The van der Waals surface area contributed by atoms with Crippen LogP contribution in [0, 0.1) is 6.92 Å². The summed E-state index contributed by atoms with van der Waals surface area (Å²) in [6, 6.07) is 3.65. The second-order valence-corrected chi connectivity index (χ2v) is 5.85. The van der Waals surface area contributed by atoms with Gasteiger partial charge in [-0.1, -0.05) is 19.3 Å². The van der Waals surface area contributed by atoms with Gasteiger partial charge in [0.25, 0.3) is 0 Å². The molecule has 0 spiro atoms. The van der Waals surface area contributed by atoms with Crippen molar-refractivity contribution in [1.82, 2.24) is 0 Å². The van der Waals surface area contributed by atoms with E-state index in [2.05, 4.69) is 0 Å². The van der Waals surface area contributed by atoms with Crippen molar-refractivity contribution in [1.29, 1.82) is 0 Å². The van der Waals surface area contributed by atoms with Crippen LogP contribution >= 0.6 is 0 Å². The SMILES string of the molecule is CCOC(=O)c1cc(C2CCCCC2)c(OC(C)=O)cc1C. The third-order valence-electron chi connectivity index (χ3n) is 4.15. The lowest BCUT2D eigenvalue weighted by atomic mass is 9.82. The van der Waals surface area contributed by atoms with Crippen LogP contribution in [0.2, 0.25) is 0 Å². The third-order valence-corrected chi connectivity index (χ3v) is 4.15. The lowest BCUT2D eigenvalue weighted by Gasteiger charge is -2.24. The van der Waals surface area contributed by atoms with Gasteiger partial charge in [-0.15, -0.1) is 0 Å². The molecule has 0 bridgehead atoms. The predicted octanol–water partition coefficient (Wildman–Crippen LogP) is 4.14. The highest BCUT2D eigenvalue weighted by atomic mass is 16.5. The van der Waals surface area contributed by atoms with E-state index >= 15 is 0 Å². The number of rotatable bonds is 4. The van der Waals surface area contributed by atoms with Gasteiger partial charge in [-0.3, -0.25) is 4.79 Å². The fourth-order valence-corrected chi connectivity index (χ4v) is 3.10. The molecular formula is C18H24O4. The Hall–Kier alpha value is -1.84. The monoisotopic (exact) mass is 304 g/mol. The lowest BCUT2D eigenvalue weighted by Crippen LogP contribution is -2.13. The first-order chi connectivity index (χ1) is 10.5. The molecule has 0 heterocycles. The zero-order chi connectivity index (χ0) is 16.1. The largest absolute Gasteiger partial charge is 0.462 e. The highest BCUT2D eigenvalue weighted by Gasteiger charge is 2.23. The molecule has 1 aromatic rings. The van der Waals surface area contributed by atoms with E-state index in [4.69, 9.17) is 9.47 Å². The van der Waals surface area contributed by atoms with Gasteiger partial charge < -0.3 is 9.47 Å². The Balaban J connectivity index is 2.42. The summed E-state index contributed by atoms with van der Waals surface area (Å²) >= 11 is 0. The van der Waals surface area contributed by atoms with Gasteiger partial charge >= 0.3 is 11.9 Å². The van der Waals surface area contributed by atoms with E-state index in [0.717, 1.165) is 24.0 Å². The summed E-state index contributed by atoms with van der Waals surface area (Å²) in [4.78, 5) is 23.5. The Morgan fingerprint density at radius 1 is 1.18 bits per heavy atom. The van der Waals surface area contributed by atoms with Gasteiger partial charge in [-0.05, 0) is 55.9 Å². The number of esters is 2. The van der Waals surface area contributed by atoms with Gasteiger partial charge in [0.1, 0.15) is 5.75 Å². The molecule has 120 valence electrons. The molecule has 22 heavy (non-hydrogen) atoms. The van der Waals surface area contributed by atoms with Crippen molar-refractivity contribution in [3.8, 4) is 5.75 Å². The van der Waals surface area contributed by atoms with E-state index in [1.165, 1.54) is 26.2 Å². The summed E-state index contributed by atoms with van der Waals surface area (Å²) in [5.74, 6) is 0.286. The highest BCUT2D eigenvalue weighted by Crippen LogP contribution is 2.39. The normalized spacial score (nSPS) is 15.4. The molecule has 0 amide bonds. The molecule has 0 radical (unpaired) electrons. The number of hydrogen-bond acceptors (Lipinski definition) is 4. The summed E-state index contributed by atoms with van der Waals surface area (Å²) in [5, 5.41) is 0. The van der Waals surface area contributed by atoms with E-state index in [1.807, 2.05) is 13.0 Å². The van der Waals surface area contributed by atoms with Gasteiger partial charge in [-0.25, -0.2) is 4.79 Å². The minimum Gasteiger partial charge on any atom is -0.462 e. The van der Waals surface area contributed by atoms with E-state index < -0.39 is 0 Å². The Kier molecular flexibility index (Phi) is 5.58. The van der Waals surface area contributed by atoms with E-state index in [0.29, 0.717) is 23.8 Å². The number of carbonyl (C=O) groups excluding carboxylic acids is 2. The van der Waals surface area contributed by atoms with E-state index in [1.54, 1.807) is 13.0 Å². The lowest BCUT2D eigenvalue weighted by molar-refractivity contribution is -0.131. The number of hydrogen-bond donors (Lipinski definition) is 0. The molecular weight excluding hydrogens is 280 g/mol. The minimum atomic E-state index is -0.333. The zero-order valence-corrected chi connectivity index (χ0v) is 13.6. The van der Waals surface area contributed by atoms with Crippen LogP contribution in [-0.4, -0.2) is 18.5 Å². The first-order valence-electron chi connectivity index (χ1n) is 8.03. The van der Waals surface area contributed by atoms with Crippen molar-refractivity contribution in [2.24, 2.45) is 0 Å². The molecule has 0 aromatic heterocycles. The Morgan fingerprint density at radius 2 is 1.86 bits per heavy atom. The number of ether oxygens (including phenoxy) is 2. The second-order valence-electron chi connectivity index (χ2n) is 5.85. The van der Waals surface area contributed by atoms with Gasteiger partial charge in [0, 0.05) is 6.92 Å².